The van der Waals surface area contributed by atoms with Gasteiger partial charge in [0.15, 0.2) is 5.84 Å². The van der Waals surface area contributed by atoms with Crippen LogP contribution in [0, 0.1) is 16.7 Å². The first kappa shape index (κ1) is 31.7. The molecule has 3 rings (SSSR count). The number of nitrogens with one attached hydrogen (secondary N) is 3. The molecule has 3 N–H and O–H groups in total. The molecule has 0 spiro atoms. The largest absolute Gasteiger partial charge is 0.385 e. The summed E-state index contributed by atoms with van der Waals surface area (Å²) in [6.07, 6.45) is 2.76. The number of unbranched alkanes of at least 4 members (excludes halogenated alkanes) is 1. The third-order valence-corrected chi connectivity index (χ3v) is 6.94. The number of carbonyl (C=O) groups is 2. The number of halogens is 1. The number of nitrogens with zero attached hydrogens (tertiary/aromatic N) is 3. The Balaban J connectivity index is 0.00000507. The first-order valence-electron chi connectivity index (χ1n) is 13.3. The molecule has 0 bridgehead atoms. The second-order valence-corrected chi connectivity index (χ2v) is 9.60. The van der Waals surface area contributed by atoms with Crippen molar-refractivity contribution in [3.63, 3.8) is 0 Å². The van der Waals surface area contributed by atoms with E-state index in [1.54, 1.807) is 12.0 Å². The Hall–Kier alpha value is -2.53. The van der Waals surface area contributed by atoms with E-state index in [-0.39, 0.29) is 41.9 Å². The Kier molecular flexibility index (Phi) is 13.7. The van der Waals surface area contributed by atoms with Gasteiger partial charge < -0.3 is 29.5 Å². The average Bonchev–Trinajstić information content (AvgIpc) is 2.95. The molecule has 11 heteroatoms. The van der Waals surface area contributed by atoms with Crippen molar-refractivity contribution in [2.45, 2.75) is 38.6 Å². The molecule has 2 fully saturated rings. The van der Waals surface area contributed by atoms with Crippen molar-refractivity contribution in [1.29, 1.82) is 10.8 Å². The number of benzene rings is 1. The van der Waals surface area contributed by atoms with Crippen molar-refractivity contribution in [2.75, 3.05) is 66.2 Å². The lowest BCUT2D eigenvalue weighted by atomic mass is 9.92. The highest BCUT2D eigenvalue weighted by molar-refractivity contribution is 6.39. The minimum atomic E-state index is -0.402. The minimum absolute atomic E-state index is 0. The second kappa shape index (κ2) is 16.4. The Bertz CT molecular complexity index is 912. The number of hydrogen-bond acceptors (Lipinski definition) is 7. The van der Waals surface area contributed by atoms with Crippen LogP contribution in [0.25, 0.3) is 0 Å². The monoisotopic (exact) mass is 550 g/mol. The van der Waals surface area contributed by atoms with Gasteiger partial charge in [0.05, 0.1) is 19.1 Å². The summed E-state index contributed by atoms with van der Waals surface area (Å²) in [6.45, 7) is 6.93. The van der Waals surface area contributed by atoms with Crippen molar-refractivity contribution >= 4 is 35.9 Å². The van der Waals surface area contributed by atoms with Crippen LogP contribution in [-0.2, 0) is 19.1 Å². The third kappa shape index (κ3) is 8.49. The lowest BCUT2D eigenvalue weighted by Gasteiger charge is -2.40. The molecule has 2 heterocycles. The van der Waals surface area contributed by atoms with Crippen LogP contribution in [-0.4, -0.2) is 110 Å². The fourth-order valence-electron chi connectivity index (χ4n) is 4.93. The molecule has 1 aromatic carbocycles. The predicted octanol–water partition coefficient (Wildman–Crippen LogP) is 2.22. The SMILES string of the molecule is CCCN(C(=O)C(=N)N(CCCCOC)C(=N)c1ccccc1)[C@@H]1CNC[C@H](C(=O)N2CCOCC2)C1.Cl. The van der Waals surface area contributed by atoms with E-state index < -0.39 is 5.91 Å². The topological polar surface area (TPSA) is 122 Å². The molecule has 10 nitrogen and oxygen atoms in total. The Morgan fingerprint density at radius 3 is 2.47 bits per heavy atom. The highest BCUT2D eigenvalue weighted by atomic mass is 35.5. The van der Waals surface area contributed by atoms with Crippen molar-refractivity contribution < 1.29 is 19.1 Å². The van der Waals surface area contributed by atoms with Gasteiger partial charge in [0.2, 0.25) is 5.91 Å². The zero-order valence-electron chi connectivity index (χ0n) is 22.6. The van der Waals surface area contributed by atoms with Gasteiger partial charge in [-0.25, -0.2) is 0 Å². The van der Waals surface area contributed by atoms with Gasteiger partial charge >= 0.3 is 0 Å². The van der Waals surface area contributed by atoms with E-state index in [9.17, 15) is 9.59 Å². The quantitative estimate of drug-likeness (QED) is 0.233. The lowest BCUT2D eigenvalue weighted by Crippen LogP contribution is -2.58. The van der Waals surface area contributed by atoms with E-state index in [0.29, 0.717) is 77.5 Å². The predicted molar refractivity (Wildman–Crippen MR) is 150 cm³/mol. The van der Waals surface area contributed by atoms with Gasteiger partial charge in [-0.2, -0.15) is 0 Å². The van der Waals surface area contributed by atoms with Crippen LogP contribution < -0.4 is 5.32 Å². The summed E-state index contributed by atoms with van der Waals surface area (Å²) in [5, 5.41) is 21.0. The first-order chi connectivity index (χ1) is 18.0. The molecular weight excluding hydrogens is 508 g/mol. The van der Waals surface area contributed by atoms with Crippen LogP contribution in [0.15, 0.2) is 30.3 Å². The molecule has 1 aromatic rings. The number of amidine groups is 2. The molecule has 2 atom stereocenters. The van der Waals surface area contributed by atoms with Gasteiger partial charge in [-0.3, -0.25) is 20.4 Å². The molecule has 212 valence electrons. The summed E-state index contributed by atoms with van der Waals surface area (Å²) in [5.74, 6) is -0.590. The van der Waals surface area contributed by atoms with Crippen LogP contribution in [0.5, 0.6) is 0 Å². The van der Waals surface area contributed by atoms with E-state index >= 15 is 0 Å². The molecule has 0 saturated carbocycles. The highest BCUT2D eigenvalue weighted by Crippen LogP contribution is 2.21. The zero-order chi connectivity index (χ0) is 26.6. The van der Waals surface area contributed by atoms with Crippen molar-refractivity contribution in [2.24, 2.45) is 5.92 Å². The number of carbonyl (C=O) groups excluding carboxylic acids is 2. The number of morpholine rings is 1. The molecule has 0 unspecified atom stereocenters. The normalized spacial score (nSPS) is 19.3. The number of ether oxygens (including phenoxy) is 2. The summed E-state index contributed by atoms with van der Waals surface area (Å²) in [4.78, 5) is 32.0. The molecule has 0 radical (unpaired) electrons. The smallest absolute Gasteiger partial charge is 0.289 e. The molecule has 0 aliphatic carbocycles. The summed E-state index contributed by atoms with van der Waals surface area (Å²) >= 11 is 0. The molecule has 2 aliphatic heterocycles. The van der Waals surface area contributed by atoms with E-state index in [4.69, 9.17) is 20.3 Å². The van der Waals surface area contributed by atoms with Crippen molar-refractivity contribution in [3.8, 4) is 0 Å². The molecule has 2 saturated heterocycles. The molecule has 2 aliphatic rings. The second-order valence-electron chi connectivity index (χ2n) is 9.60. The maximum atomic E-state index is 13.8. The van der Waals surface area contributed by atoms with Crippen molar-refractivity contribution in [1.82, 2.24) is 20.0 Å². The molecule has 38 heavy (non-hydrogen) atoms. The van der Waals surface area contributed by atoms with Gasteiger partial charge in [-0.15, -0.1) is 12.4 Å². The maximum Gasteiger partial charge on any atom is 0.289 e. The first-order valence-corrected chi connectivity index (χ1v) is 13.3. The Morgan fingerprint density at radius 1 is 1.11 bits per heavy atom. The number of hydrogen-bond donors (Lipinski definition) is 3. The number of amides is 2. The summed E-state index contributed by atoms with van der Waals surface area (Å²) in [5.41, 5.74) is 0.657. The fraction of sp³-hybridized carbons (Fsp3) is 0.630. The fourth-order valence-corrected chi connectivity index (χ4v) is 4.93. The number of rotatable bonds is 10. The molecule has 2 amide bonds. The standard InChI is InChI=1S/C27H42N6O4.ClH/c1-3-11-32(23-18-22(19-30-20-23)26(34)31-13-16-37-17-14-31)27(35)25(29)33(12-7-8-15-36-2)24(28)21-9-5-4-6-10-21;/h4-6,9-10,22-23,28-30H,3,7-8,11-20H2,1-2H3;1H/t22-,23+;/m1./s1. The Morgan fingerprint density at radius 2 is 1.82 bits per heavy atom. The highest BCUT2D eigenvalue weighted by Gasteiger charge is 2.37. The van der Waals surface area contributed by atoms with Gasteiger partial charge in [-0.05, 0) is 25.7 Å². The van der Waals surface area contributed by atoms with E-state index in [2.05, 4.69) is 5.32 Å². The summed E-state index contributed by atoms with van der Waals surface area (Å²) in [6, 6.07) is 9.02. The summed E-state index contributed by atoms with van der Waals surface area (Å²) in [7, 11) is 1.65. The zero-order valence-corrected chi connectivity index (χ0v) is 23.4. The van der Waals surface area contributed by atoms with E-state index in [0.717, 1.165) is 12.8 Å². The van der Waals surface area contributed by atoms with Crippen LogP contribution >= 0.6 is 12.4 Å². The van der Waals surface area contributed by atoms with Crippen LogP contribution in [0.3, 0.4) is 0 Å². The number of methoxy groups -OCH3 is 1. The van der Waals surface area contributed by atoms with E-state index in [1.807, 2.05) is 42.2 Å². The van der Waals surface area contributed by atoms with Gasteiger partial charge in [0.1, 0.15) is 5.84 Å². The maximum absolute atomic E-state index is 13.8. The Labute approximate surface area is 232 Å². The minimum Gasteiger partial charge on any atom is -0.385 e. The van der Waals surface area contributed by atoms with Crippen LogP contribution in [0.2, 0.25) is 0 Å². The average molecular weight is 551 g/mol. The van der Waals surface area contributed by atoms with E-state index in [1.165, 1.54) is 4.90 Å². The van der Waals surface area contributed by atoms with Gasteiger partial charge in [0, 0.05) is 64.6 Å². The lowest BCUT2D eigenvalue weighted by molar-refractivity contribution is -0.142. The van der Waals surface area contributed by atoms with Crippen LogP contribution in [0.4, 0.5) is 0 Å². The van der Waals surface area contributed by atoms with Crippen LogP contribution in [0.1, 0.15) is 38.2 Å². The molecule has 0 aromatic heterocycles. The van der Waals surface area contributed by atoms with Gasteiger partial charge in [0.25, 0.3) is 5.91 Å². The number of piperidine rings is 1. The third-order valence-electron chi connectivity index (χ3n) is 6.94. The molecular formula is C27H43ClN6O4. The van der Waals surface area contributed by atoms with Gasteiger partial charge in [-0.1, -0.05) is 37.3 Å². The van der Waals surface area contributed by atoms with Crippen molar-refractivity contribution in [3.05, 3.63) is 35.9 Å². The summed E-state index contributed by atoms with van der Waals surface area (Å²) < 4.78 is 10.5.